The fourth-order valence-corrected chi connectivity index (χ4v) is 3.59. The second-order valence-electron chi connectivity index (χ2n) is 4.59. The molecule has 1 saturated heterocycles. The molecule has 0 radical (unpaired) electrons. The molecule has 3 rings (SSSR count). The summed E-state index contributed by atoms with van der Waals surface area (Å²) in [6, 6.07) is 3.87. The maximum atomic E-state index is 5.19. The lowest BCUT2D eigenvalue weighted by molar-refractivity contribution is 0.411. The molecule has 0 aromatic carbocycles. The first kappa shape index (κ1) is 11.8. The first-order chi connectivity index (χ1) is 8.85. The molecule has 4 nitrogen and oxygen atoms in total. The molecule has 1 aliphatic rings. The highest BCUT2D eigenvalue weighted by atomic mass is 32.2. The van der Waals surface area contributed by atoms with Crippen LogP contribution >= 0.6 is 11.8 Å². The quantitative estimate of drug-likeness (QED) is 0.853. The van der Waals surface area contributed by atoms with Gasteiger partial charge in [0.2, 0.25) is 0 Å². The van der Waals surface area contributed by atoms with E-state index >= 15 is 0 Å². The monoisotopic (exact) mass is 263 g/mol. The van der Waals surface area contributed by atoms with Crippen molar-refractivity contribution in [3.8, 4) is 5.75 Å². The zero-order chi connectivity index (χ0) is 12.4. The number of rotatable bonds is 3. The van der Waals surface area contributed by atoms with Crippen molar-refractivity contribution in [2.24, 2.45) is 0 Å². The van der Waals surface area contributed by atoms with E-state index in [-0.39, 0.29) is 0 Å². The van der Waals surface area contributed by atoms with Crippen LogP contribution in [0.3, 0.4) is 0 Å². The van der Waals surface area contributed by atoms with Crippen molar-refractivity contribution >= 4 is 17.4 Å². The lowest BCUT2D eigenvalue weighted by atomic mass is 10.1. The van der Waals surface area contributed by atoms with Gasteiger partial charge in [-0.1, -0.05) is 6.42 Å². The van der Waals surface area contributed by atoms with Crippen LogP contribution in [0.25, 0.3) is 5.65 Å². The van der Waals surface area contributed by atoms with Gasteiger partial charge >= 0.3 is 0 Å². The summed E-state index contributed by atoms with van der Waals surface area (Å²) in [4.78, 5) is 4.57. The summed E-state index contributed by atoms with van der Waals surface area (Å²) in [6.07, 6.45) is 6.86. The van der Waals surface area contributed by atoms with Crippen molar-refractivity contribution < 1.29 is 4.74 Å². The minimum atomic E-state index is 0.693. The lowest BCUT2D eigenvalue weighted by Gasteiger charge is -2.19. The minimum absolute atomic E-state index is 0.693. The molecule has 3 heterocycles. The molecule has 0 amide bonds. The molecule has 2 aromatic heterocycles. The highest BCUT2D eigenvalue weighted by Gasteiger charge is 2.16. The Kier molecular flexibility index (Phi) is 3.41. The maximum Gasteiger partial charge on any atom is 0.155 e. The van der Waals surface area contributed by atoms with Crippen LogP contribution in [-0.2, 0) is 6.42 Å². The van der Waals surface area contributed by atoms with Gasteiger partial charge in [-0.25, -0.2) is 9.50 Å². The van der Waals surface area contributed by atoms with E-state index in [1.807, 2.05) is 22.8 Å². The average Bonchev–Trinajstić information content (AvgIpc) is 2.80. The van der Waals surface area contributed by atoms with Crippen LogP contribution in [0, 0.1) is 0 Å². The van der Waals surface area contributed by atoms with E-state index in [2.05, 4.69) is 21.8 Å². The van der Waals surface area contributed by atoms with Gasteiger partial charge in [-0.3, -0.25) is 0 Å². The van der Waals surface area contributed by atoms with Gasteiger partial charge in [-0.2, -0.15) is 16.9 Å². The summed E-state index contributed by atoms with van der Waals surface area (Å²) in [5.41, 5.74) is 0.895. The number of hydrogen-bond acceptors (Lipinski definition) is 4. The molecule has 1 atom stereocenters. The largest absolute Gasteiger partial charge is 0.495 e. The van der Waals surface area contributed by atoms with E-state index in [0.717, 1.165) is 23.6 Å². The Morgan fingerprint density at radius 1 is 1.44 bits per heavy atom. The number of fused-ring (bicyclic) bond motifs is 1. The first-order valence-corrected chi connectivity index (χ1v) is 7.41. The average molecular weight is 263 g/mol. The Morgan fingerprint density at radius 3 is 3.17 bits per heavy atom. The van der Waals surface area contributed by atoms with Crippen LogP contribution in [0.1, 0.15) is 25.1 Å². The summed E-state index contributed by atoms with van der Waals surface area (Å²) in [5.74, 6) is 3.04. The second-order valence-corrected chi connectivity index (χ2v) is 6.00. The maximum absolute atomic E-state index is 5.19. The molecule has 0 aliphatic carbocycles. The summed E-state index contributed by atoms with van der Waals surface area (Å²) < 4.78 is 7.00. The normalized spacial score (nSPS) is 20.2. The van der Waals surface area contributed by atoms with Gasteiger partial charge < -0.3 is 4.74 Å². The molecule has 2 aromatic rings. The molecule has 18 heavy (non-hydrogen) atoms. The summed E-state index contributed by atoms with van der Waals surface area (Å²) in [7, 11) is 1.66. The third kappa shape index (κ3) is 2.46. The molecule has 0 bridgehead atoms. The van der Waals surface area contributed by atoms with E-state index in [4.69, 9.17) is 4.74 Å². The smallest absolute Gasteiger partial charge is 0.155 e. The molecule has 96 valence electrons. The Morgan fingerprint density at radius 2 is 2.39 bits per heavy atom. The van der Waals surface area contributed by atoms with Crippen LogP contribution < -0.4 is 4.74 Å². The predicted octanol–water partition coefficient (Wildman–Crippen LogP) is 2.57. The van der Waals surface area contributed by atoms with Gasteiger partial charge in [0.25, 0.3) is 0 Å². The van der Waals surface area contributed by atoms with Crippen LogP contribution in [0.4, 0.5) is 0 Å². The third-order valence-corrected chi connectivity index (χ3v) is 4.67. The molecule has 5 heteroatoms. The van der Waals surface area contributed by atoms with Gasteiger partial charge in [0.15, 0.2) is 11.5 Å². The molecule has 0 N–H and O–H groups in total. The number of nitrogens with zero attached hydrogens (tertiary/aromatic N) is 3. The number of methoxy groups -OCH3 is 1. The predicted molar refractivity (Wildman–Crippen MR) is 73.3 cm³/mol. The van der Waals surface area contributed by atoms with Gasteiger partial charge in [0.05, 0.1) is 13.3 Å². The van der Waals surface area contributed by atoms with Crippen molar-refractivity contribution in [3.05, 3.63) is 24.2 Å². The molecule has 0 spiro atoms. The highest BCUT2D eigenvalue weighted by Crippen LogP contribution is 2.27. The molecular weight excluding hydrogens is 246 g/mol. The van der Waals surface area contributed by atoms with Crippen LogP contribution in [-0.4, -0.2) is 32.7 Å². The molecule has 1 fully saturated rings. The lowest BCUT2D eigenvalue weighted by Crippen LogP contribution is -2.13. The summed E-state index contributed by atoms with van der Waals surface area (Å²) >= 11 is 2.06. The number of aromatic nitrogens is 3. The van der Waals surface area contributed by atoms with Crippen LogP contribution in [0.2, 0.25) is 0 Å². The number of pyridine rings is 1. The number of ether oxygens (including phenoxy) is 1. The second kappa shape index (κ2) is 5.18. The number of hydrogen-bond donors (Lipinski definition) is 0. The summed E-state index contributed by atoms with van der Waals surface area (Å²) in [6.45, 7) is 0. The minimum Gasteiger partial charge on any atom is -0.495 e. The van der Waals surface area contributed by atoms with E-state index in [9.17, 15) is 0 Å². The van der Waals surface area contributed by atoms with Crippen molar-refractivity contribution in [1.82, 2.24) is 14.6 Å². The molecule has 1 unspecified atom stereocenters. The van der Waals surface area contributed by atoms with Crippen molar-refractivity contribution in [2.75, 3.05) is 12.9 Å². The van der Waals surface area contributed by atoms with Crippen molar-refractivity contribution in [2.45, 2.75) is 30.9 Å². The van der Waals surface area contributed by atoms with Gasteiger partial charge in [0, 0.05) is 11.7 Å². The SMILES string of the molecule is COc1ccc2nc(CC3CCCCS3)nn2c1. The summed E-state index contributed by atoms with van der Waals surface area (Å²) in [5, 5.41) is 5.22. The van der Waals surface area contributed by atoms with E-state index < -0.39 is 0 Å². The van der Waals surface area contributed by atoms with Crippen molar-refractivity contribution in [3.63, 3.8) is 0 Å². The Labute approximate surface area is 111 Å². The molecular formula is C13H17N3OS. The Hall–Kier alpha value is -1.23. The zero-order valence-electron chi connectivity index (χ0n) is 10.5. The van der Waals surface area contributed by atoms with Gasteiger partial charge in [-0.15, -0.1) is 0 Å². The van der Waals surface area contributed by atoms with E-state index in [0.29, 0.717) is 5.25 Å². The number of thioether (sulfide) groups is 1. The molecule has 0 saturated carbocycles. The topological polar surface area (TPSA) is 39.4 Å². The van der Waals surface area contributed by atoms with Gasteiger partial charge in [-0.05, 0) is 30.7 Å². The Balaban J connectivity index is 1.79. The molecule has 1 aliphatic heterocycles. The van der Waals surface area contributed by atoms with Crippen LogP contribution in [0.15, 0.2) is 18.3 Å². The van der Waals surface area contributed by atoms with Crippen LogP contribution in [0.5, 0.6) is 5.75 Å². The van der Waals surface area contributed by atoms with Gasteiger partial charge in [0.1, 0.15) is 5.75 Å². The van der Waals surface area contributed by atoms with E-state index in [1.165, 1.54) is 25.0 Å². The standard InChI is InChI=1S/C13H17N3OS/c1-17-10-5-6-13-14-12(15-16(13)9-10)8-11-4-2-3-7-18-11/h5-6,9,11H,2-4,7-8H2,1H3. The first-order valence-electron chi connectivity index (χ1n) is 6.36. The van der Waals surface area contributed by atoms with Crippen molar-refractivity contribution in [1.29, 1.82) is 0 Å². The Bertz CT molecular complexity index is 534. The fraction of sp³-hybridized carbons (Fsp3) is 0.538. The fourth-order valence-electron chi connectivity index (χ4n) is 2.29. The zero-order valence-corrected chi connectivity index (χ0v) is 11.3. The van der Waals surface area contributed by atoms with E-state index in [1.54, 1.807) is 7.11 Å². The third-order valence-electron chi connectivity index (χ3n) is 3.27. The highest BCUT2D eigenvalue weighted by molar-refractivity contribution is 7.99.